The van der Waals surface area contributed by atoms with Gasteiger partial charge in [-0.2, -0.15) is 4.98 Å². The fraction of sp³-hybridized carbons (Fsp3) is 0.211. The van der Waals surface area contributed by atoms with Crippen LogP contribution in [0.1, 0.15) is 19.2 Å². The summed E-state index contributed by atoms with van der Waals surface area (Å²) in [6.07, 6.45) is 0.281. The van der Waals surface area contributed by atoms with Crippen LogP contribution in [0.2, 0.25) is 0 Å². The lowest BCUT2D eigenvalue weighted by atomic mass is 10.2. The Balaban J connectivity index is 1.55. The molecule has 0 spiro atoms. The lowest BCUT2D eigenvalue weighted by Gasteiger charge is -2.04. The number of aryl methyl sites for hydroxylation is 1. The molecule has 1 aromatic heterocycles. The molecule has 0 atom stereocenters. The predicted molar refractivity (Wildman–Crippen MR) is 94.2 cm³/mol. The first-order valence-corrected chi connectivity index (χ1v) is 8.36. The van der Waals surface area contributed by atoms with Crippen molar-refractivity contribution >= 4 is 11.6 Å². The summed E-state index contributed by atoms with van der Waals surface area (Å²) < 4.78 is 36.6. The summed E-state index contributed by atoms with van der Waals surface area (Å²) in [6.45, 7) is 2.49. The van der Waals surface area contributed by atoms with Gasteiger partial charge in [-0.1, -0.05) is 5.16 Å². The second kappa shape index (κ2) is 8.39. The third kappa shape index (κ3) is 4.87. The van der Waals surface area contributed by atoms with Gasteiger partial charge in [0, 0.05) is 30.2 Å². The maximum Gasteiger partial charge on any atom is 0.227 e. The van der Waals surface area contributed by atoms with Gasteiger partial charge in [-0.05, 0) is 43.3 Å². The number of anilines is 1. The standard InChI is InChI=1S/C19H17F2N3O3/c1-2-26-14-6-3-12(4-7-14)19-23-18(27-24-19)10-9-17(25)22-13-5-8-15(20)16(21)11-13/h3-8,11H,2,9-10H2,1H3,(H,22,25). The molecule has 140 valence electrons. The van der Waals surface area contributed by atoms with Crippen molar-refractivity contribution in [3.05, 3.63) is 60.0 Å². The normalized spacial score (nSPS) is 10.6. The molecule has 0 fully saturated rings. The van der Waals surface area contributed by atoms with E-state index in [4.69, 9.17) is 9.26 Å². The van der Waals surface area contributed by atoms with Crippen LogP contribution < -0.4 is 10.1 Å². The van der Waals surface area contributed by atoms with Crippen LogP contribution in [0.4, 0.5) is 14.5 Å². The van der Waals surface area contributed by atoms with Gasteiger partial charge < -0.3 is 14.6 Å². The second-order valence-electron chi connectivity index (χ2n) is 5.65. The third-order valence-corrected chi connectivity index (χ3v) is 3.66. The van der Waals surface area contributed by atoms with Crippen molar-refractivity contribution in [3.8, 4) is 17.1 Å². The maximum absolute atomic E-state index is 13.1. The summed E-state index contributed by atoms with van der Waals surface area (Å²) in [7, 11) is 0. The number of aromatic nitrogens is 2. The van der Waals surface area contributed by atoms with Gasteiger partial charge in [0.2, 0.25) is 17.6 Å². The molecule has 6 nitrogen and oxygen atoms in total. The van der Waals surface area contributed by atoms with Crippen molar-refractivity contribution in [1.29, 1.82) is 0 Å². The minimum absolute atomic E-state index is 0.0594. The Hall–Kier alpha value is -3.29. The van der Waals surface area contributed by atoms with E-state index < -0.39 is 11.6 Å². The topological polar surface area (TPSA) is 77.2 Å². The Morgan fingerprint density at radius 1 is 1.15 bits per heavy atom. The van der Waals surface area contributed by atoms with E-state index in [0.717, 1.165) is 23.4 Å². The molecule has 0 radical (unpaired) electrons. The summed E-state index contributed by atoms with van der Waals surface area (Å²) in [5.74, 6) is -0.903. The Labute approximate surface area is 154 Å². The van der Waals surface area contributed by atoms with Crippen molar-refractivity contribution in [2.24, 2.45) is 0 Å². The minimum atomic E-state index is -1.02. The molecule has 0 aliphatic rings. The molecule has 27 heavy (non-hydrogen) atoms. The fourth-order valence-corrected chi connectivity index (χ4v) is 2.36. The van der Waals surface area contributed by atoms with E-state index in [9.17, 15) is 13.6 Å². The highest BCUT2D eigenvalue weighted by atomic mass is 19.2. The van der Waals surface area contributed by atoms with Gasteiger partial charge in [0.1, 0.15) is 5.75 Å². The average molecular weight is 373 g/mol. The molecule has 8 heteroatoms. The molecule has 0 bridgehead atoms. The van der Waals surface area contributed by atoms with E-state index in [1.807, 2.05) is 31.2 Å². The van der Waals surface area contributed by atoms with Gasteiger partial charge in [-0.3, -0.25) is 4.79 Å². The Morgan fingerprint density at radius 3 is 2.63 bits per heavy atom. The number of carbonyl (C=O) groups excluding carboxylic acids is 1. The lowest BCUT2D eigenvalue weighted by molar-refractivity contribution is -0.116. The van der Waals surface area contributed by atoms with Gasteiger partial charge >= 0.3 is 0 Å². The molecule has 0 aliphatic heterocycles. The number of hydrogen-bond acceptors (Lipinski definition) is 5. The SMILES string of the molecule is CCOc1ccc(-c2noc(CCC(=O)Nc3ccc(F)c(F)c3)n2)cc1. The number of nitrogens with zero attached hydrogens (tertiary/aromatic N) is 2. The molecule has 3 rings (SSSR count). The lowest BCUT2D eigenvalue weighted by Crippen LogP contribution is -2.12. The van der Waals surface area contributed by atoms with Crippen LogP contribution in [-0.2, 0) is 11.2 Å². The third-order valence-electron chi connectivity index (χ3n) is 3.66. The number of amides is 1. The van der Waals surface area contributed by atoms with E-state index in [-0.39, 0.29) is 24.4 Å². The zero-order valence-corrected chi connectivity index (χ0v) is 14.5. The first-order valence-electron chi connectivity index (χ1n) is 8.36. The number of carbonyl (C=O) groups is 1. The van der Waals surface area contributed by atoms with Gasteiger partial charge in [-0.15, -0.1) is 0 Å². The quantitative estimate of drug-likeness (QED) is 0.678. The number of hydrogen-bond donors (Lipinski definition) is 1. The molecule has 1 amide bonds. The largest absolute Gasteiger partial charge is 0.494 e. The minimum Gasteiger partial charge on any atom is -0.494 e. The van der Waals surface area contributed by atoms with E-state index >= 15 is 0 Å². The summed E-state index contributed by atoms with van der Waals surface area (Å²) in [6, 6.07) is 10.4. The molecule has 1 heterocycles. The number of rotatable bonds is 7. The van der Waals surface area contributed by atoms with E-state index in [2.05, 4.69) is 15.5 Å². The van der Waals surface area contributed by atoms with Crippen LogP contribution in [0.25, 0.3) is 11.4 Å². The van der Waals surface area contributed by atoms with Crippen LogP contribution in [0.5, 0.6) is 5.75 Å². The molecular weight excluding hydrogens is 356 g/mol. The van der Waals surface area contributed by atoms with Crippen LogP contribution in [0.15, 0.2) is 47.0 Å². The van der Waals surface area contributed by atoms with Crippen LogP contribution in [0.3, 0.4) is 0 Å². The van der Waals surface area contributed by atoms with E-state index in [0.29, 0.717) is 18.3 Å². The van der Waals surface area contributed by atoms with Crippen LogP contribution >= 0.6 is 0 Å². The summed E-state index contributed by atoms with van der Waals surface area (Å²) in [5.41, 5.74) is 0.944. The number of nitrogens with one attached hydrogen (secondary N) is 1. The fourth-order valence-electron chi connectivity index (χ4n) is 2.36. The number of benzene rings is 2. The van der Waals surface area contributed by atoms with Gasteiger partial charge in [0.25, 0.3) is 0 Å². The molecule has 0 aliphatic carbocycles. The van der Waals surface area contributed by atoms with Crippen molar-refractivity contribution in [1.82, 2.24) is 10.1 Å². The maximum atomic E-state index is 13.1. The first kappa shape index (κ1) is 18.5. The Morgan fingerprint density at radius 2 is 1.93 bits per heavy atom. The van der Waals surface area contributed by atoms with Crippen molar-refractivity contribution in [2.75, 3.05) is 11.9 Å². The van der Waals surface area contributed by atoms with Gasteiger partial charge in [0.05, 0.1) is 6.61 Å². The summed E-state index contributed by atoms with van der Waals surface area (Å²) in [4.78, 5) is 16.2. The summed E-state index contributed by atoms with van der Waals surface area (Å²) in [5, 5.41) is 6.38. The monoisotopic (exact) mass is 373 g/mol. The van der Waals surface area contributed by atoms with Crippen molar-refractivity contribution < 1.29 is 22.8 Å². The molecule has 2 aromatic carbocycles. The Bertz CT molecular complexity index is 926. The molecule has 3 aromatic rings. The predicted octanol–water partition coefficient (Wildman–Crippen LogP) is 3.98. The molecule has 0 saturated heterocycles. The van der Waals surface area contributed by atoms with E-state index in [1.165, 1.54) is 6.07 Å². The second-order valence-corrected chi connectivity index (χ2v) is 5.65. The average Bonchev–Trinajstić information content (AvgIpc) is 3.13. The van der Waals surface area contributed by atoms with Gasteiger partial charge in [-0.25, -0.2) is 8.78 Å². The Kier molecular flexibility index (Phi) is 5.75. The molecule has 0 unspecified atom stereocenters. The number of ether oxygens (including phenoxy) is 1. The smallest absolute Gasteiger partial charge is 0.227 e. The zero-order valence-electron chi connectivity index (χ0n) is 14.5. The first-order chi connectivity index (χ1) is 13.0. The van der Waals surface area contributed by atoms with Gasteiger partial charge in [0.15, 0.2) is 11.6 Å². The van der Waals surface area contributed by atoms with Crippen LogP contribution in [0, 0.1) is 11.6 Å². The molecule has 0 saturated carbocycles. The highest BCUT2D eigenvalue weighted by molar-refractivity contribution is 5.90. The van der Waals surface area contributed by atoms with Crippen molar-refractivity contribution in [3.63, 3.8) is 0 Å². The molecular formula is C19H17F2N3O3. The van der Waals surface area contributed by atoms with Crippen LogP contribution in [-0.4, -0.2) is 22.7 Å². The highest BCUT2D eigenvalue weighted by Gasteiger charge is 2.12. The molecule has 1 N–H and O–H groups in total. The number of halogens is 2. The van der Waals surface area contributed by atoms with E-state index in [1.54, 1.807) is 0 Å². The summed E-state index contributed by atoms with van der Waals surface area (Å²) >= 11 is 0. The highest BCUT2D eigenvalue weighted by Crippen LogP contribution is 2.20. The van der Waals surface area contributed by atoms with Crippen molar-refractivity contribution in [2.45, 2.75) is 19.8 Å². The zero-order chi connectivity index (χ0) is 19.2.